The van der Waals surface area contributed by atoms with Crippen LogP contribution in [0.3, 0.4) is 0 Å². The molecule has 74 valence electrons. The number of hydrazine groups is 1. The van der Waals surface area contributed by atoms with E-state index in [9.17, 15) is 0 Å². The molecule has 0 aliphatic heterocycles. The first-order valence-electron chi connectivity index (χ1n) is 3.96. The zero-order chi connectivity index (χ0) is 10.4. The maximum Gasteiger partial charge on any atom is 0.107 e. The SMILES string of the molecule is C#CC.CC.CN=C(C)NNC.[HH]. The van der Waals surface area contributed by atoms with Gasteiger partial charge in [-0.15, -0.1) is 12.3 Å². The second-order valence-electron chi connectivity index (χ2n) is 1.47. The Morgan fingerprint density at radius 1 is 1.50 bits per heavy atom. The Hall–Kier alpha value is -1.01. The number of amidine groups is 1. The Balaban J connectivity index is -0.0000000581. The van der Waals surface area contributed by atoms with Gasteiger partial charge < -0.3 is 5.43 Å². The van der Waals surface area contributed by atoms with Crippen molar-refractivity contribution in [2.75, 3.05) is 14.1 Å². The van der Waals surface area contributed by atoms with Crippen molar-refractivity contribution in [1.29, 1.82) is 0 Å². The zero-order valence-electron chi connectivity index (χ0n) is 9.02. The summed E-state index contributed by atoms with van der Waals surface area (Å²) in [6.07, 6.45) is 4.60. The molecule has 3 heteroatoms. The fourth-order valence-electron chi connectivity index (χ4n) is 0.237. The summed E-state index contributed by atoms with van der Waals surface area (Å²) in [5.74, 6) is 3.14. The molecule has 0 saturated carbocycles. The van der Waals surface area contributed by atoms with Gasteiger partial charge in [0.15, 0.2) is 0 Å². The smallest absolute Gasteiger partial charge is 0.107 e. The topological polar surface area (TPSA) is 36.4 Å². The molecule has 12 heavy (non-hydrogen) atoms. The predicted molar refractivity (Wildman–Crippen MR) is 59.2 cm³/mol. The van der Waals surface area contributed by atoms with Crippen LogP contribution in [0.2, 0.25) is 0 Å². The van der Waals surface area contributed by atoms with Crippen LogP contribution in [-0.2, 0) is 0 Å². The molecule has 0 spiro atoms. The van der Waals surface area contributed by atoms with Crippen molar-refractivity contribution in [3.8, 4) is 12.3 Å². The van der Waals surface area contributed by atoms with E-state index in [1.54, 1.807) is 21.0 Å². The van der Waals surface area contributed by atoms with Gasteiger partial charge in [0.05, 0.1) is 0 Å². The molecule has 0 unspecified atom stereocenters. The van der Waals surface area contributed by atoms with E-state index in [1.165, 1.54) is 0 Å². The number of hydrogen-bond donors (Lipinski definition) is 2. The van der Waals surface area contributed by atoms with E-state index < -0.39 is 0 Å². The van der Waals surface area contributed by atoms with Crippen molar-refractivity contribution < 1.29 is 1.43 Å². The lowest BCUT2D eigenvalue weighted by atomic mass is 10.7. The number of rotatable bonds is 1. The molecule has 0 heterocycles. The molecule has 0 saturated heterocycles. The second-order valence-corrected chi connectivity index (χ2v) is 1.47. The van der Waals surface area contributed by atoms with Gasteiger partial charge in [-0.25, -0.2) is 5.43 Å². The molecule has 0 atom stereocenters. The lowest BCUT2D eigenvalue weighted by molar-refractivity contribution is 0.763. The first-order valence-corrected chi connectivity index (χ1v) is 3.96. The summed E-state index contributed by atoms with van der Waals surface area (Å²) in [5, 5.41) is 0. The summed E-state index contributed by atoms with van der Waals surface area (Å²) in [4.78, 5) is 3.82. The fourth-order valence-corrected chi connectivity index (χ4v) is 0.237. The molecule has 0 rings (SSSR count). The Labute approximate surface area is 78.1 Å². The van der Waals surface area contributed by atoms with Gasteiger partial charge in [-0.2, -0.15) is 0 Å². The number of hydrogen-bond acceptors (Lipinski definition) is 2. The normalized spacial score (nSPS) is 7.92. The van der Waals surface area contributed by atoms with E-state index in [0.717, 1.165) is 5.84 Å². The predicted octanol–water partition coefficient (Wildman–Crippen LogP) is 1.67. The van der Waals surface area contributed by atoms with Crippen LogP contribution in [0.15, 0.2) is 4.99 Å². The van der Waals surface area contributed by atoms with Crippen LogP contribution in [0, 0.1) is 12.3 Å². The molecule has 0 bridgehead atoms. The third kappa shape index (κ3) is 36.1. The van der Waals surface area contributed by atoms with Gasteiger partial charge in [-0.05, 0) is 13.8 Å². The largest absolute Gasteiger partial charge is 0.310 e. The summed E-state index contributed by atoms with van der Waals surface area (Å²) < 4.78 is 0. The standard InChI is InChI=1S/C4H11N3.C3H4.C2H6.H2/c1-4(5-2)7-6-3;1-3-2;1-2;/h6H,1-3H3,(H,5,7);1H,2H3;1-2H3;1H. The van der Waals surface area contributed by atoms with Crippen molar-refractivity contribution in [2.45, 2.75) is 27.7 Å². The van der Waals surface area contributed by atoms with Crippen molar-refractivity contribution in [2.24, 2.45) is 4.99 Å². The Bertz CT molecular complexity index is 127. The monoisotopic (exact) mass is 173 g/mol. The minimum absolute atomic E-state index is 0. The highest BCUT2D eigenvalue weighted by molar-refractivity contribution is 5.78. The van der Waals surface area contributed by atoms with Gasteiger partial charge >= 0.3 is 0 Å². The minimum atomic E-state index is 0. The van der Waals surface area contributed by atoms with E-state index in [0.29, 0.717) is 0 Å². The minimum Gasteiger partial charge on any atom is -0.310 e. The quantitative estimate of drug-likeness (QED) is 0.274. The molecular formula is C9H23N3. The molecule has 0 aromatic carbocycles. The van der Waals surface area contributed by atoms with E-state index in [2.05, 4.69) is 28.2 Å². The Morgan fingerprint density at radius 2 is 1.83 bits per heavy atom. The molecule has 0 fully saturated rings. The van der Waals surface area contributed by atoms with E-state index in [-0.39, 0.29) is 1.43 Å². The van der Waals surface area contributed by atoms with Crippen molar-refractivity contribution >= 4 is 5.84 Å². The van der Waals surface area contributed by atoms with Gasteiger partial charge in [0.2, 0.25) is 0 Å². The van der Waals surface area contributed by atoms with Gasteiger partial charge in [-0.1, -0.05) is 13.8 Å². The van der Waals surface area contributed by atoms with Crippen LogP contribution in [-0.4, -0.2) is 19.9 Å². The van der Waals surface area contributed by atoms with Crippen LogP contribution >= 0.6 is 0 Å². The van der Waals surface area contributed by atoms with Crippen LogP contribution in [0.1, 0.15) is 29.1 Å². The van der Waals surface area contributed by atoms with Gasteiger partial charge in [-0.3, -0.25) is 4.99 Å². The summed E-state index contributed by atoms with van der Waals surface area (Å²) >= 11 is 0. The molecule has 0 aliphatic rings. The maximum atomic E-state index is 4.60. The van der Waals surface area contributed by atoms with E-state index in [4.69, 9.17) is 0 Å². The van der Waals surface area contributed by atoms with Crippen LogP contribution in [0.25, 0.3) is 0 Å². The third-order valence-electron chi connectivity index (χ3n) is 0.641. The van der Waals surface area contributed by atoms with Crippen molar-refractivity contribution in [3.63, 3.8) is 0 Å². The van der Waals surface area contributed by atoms with Gasteiger partial charge in [0.1, 0.15) is 5.84 Å². The van der Waals surface area contributed by atoms with E-state index >= 15 is 0 Å². The summed E-state index contributed by atoms with van der Waals surface area (Å²) in [6, 6.07) is 0. The molecule has 0 aliphatic carbocycles. The lowest BCUT2D eigenvalue weighted by Crippen LogP contribution is -2.31. The summed E-state index contributed by atoms with van der Waals surface area (Å²) in [6.45, 7) is 7.54. The molecule has 0 radical (unpaired) electrons. The van der Waals surface area contributed by atoms with Gasteiger partial charge in [0.25, 0.3) is 0 Å². The number of nitrogens with one attached hydrogen (secondary N) is 2. The average molecular weight is 173 g/mol. The number of aliphatic imine (C=N–C) groups is 1. The van der Waals surface area contributed by atoms with E-state index in [1.807, 2.05) is 20.8 Å². The highest BCUT2D eigenvalue weighted by Gasteiger charge is 1.76. The highest BCUT2D eigenvalue weighted by atomic mass is 15.4. The third-order valence-corrected chi connectivity index (χ3v) is 0.641. The first-order chi connectivity index (χ1) is 5.72. The van der Waals surface area contributed by atoms with Crippen LogP contribution in [0.4, 0.5) is 0 Å². The van der Waals surface area contributed by atoms with Crippen molar-refractivity contribution in [1.82, 2.24) is 10.9 Å². The molecule has 0 amide bonds. The molecule has 3 nitrogen and oxygen atoms in total. The number of terminal acetylenes is 1. The molecule has 0 aromatic rings. The second kappa shape index (κ2) is 22.5. The van der Waals surface area contributed by atoms with Gasteiger partial charge in [0, 0.05) is 15.5 Å². The summed E-state index contributed by atoms with van der Waals surface area (Å²) in [7, 11) is 3.54. The molecular weight excluding hydrogens is 150 g/mol. The fraction of sp³-hybridized carbons (Fsp3) is 0.667. The Kier molecular flexibility index (Phi) is 32.2. The van der Waals surface area contributed by atoms with Crippen LogP contribution in [0.5, 0.6) is 0 Å². The number of nitrogens with zero attached hydrogens (tertiary/aromatic N) is 1. The molecule has 0 aromatic heterocycles. The van der Waals surface area contributed by atoms with Crippen molar-refractivity contribution in [3.05, 3.63) is 0 Å². The lowest BCUT2D eigenvalue weighted by Gasteiger charge is -1.98. The highest BCUT2D eigenvalue weighted by Crippen LogP contribution is 1.59. The average Bonchev–Trinajstić information content (AvgIpc) is 2.10. The van der Waals surface area contributed by atoms with Crippen LogP contribution < -0.4 is 10.9 Å². The summed E-state index contributed by atoms with van der Waals surface area (Å²) in [5.41, 5.74) is 5.53. The maximum absolute atomic E-state index is 4.60. The zero-order valence-corrected chi connectivity index (χ0v) is 9.02. The first kappa shape index (κ1) is 17.2. The Morgan fingerprint density at radius 3 is 1.92 bits per heavy atom. The molecule has 2 N–H and O–H groups in total.